The Balaban J connectivity index is 1.46. The van der Waals surface area contributed by atoms with E-state index in [1.165, 1.54) is 0 Å². The van der Waals surface area contributed by atoms with Crippen LogP contribution in [0.2, 0.25) is 0 Å². The van der Waals surface area contributed by atoms with Crippen molar-refractivity contribution < 1.29 is 14.3 Å². The molecular weight excluding hydrogens is 322 g/mol. The number of carbonyl (C=O) groups excluding carboxylic acids is 1. The van der Waals surface area contributed by atoms with Gasteiger partial charge in [-0.15, -0.1) is 5.10 Å². The highest BCUT2D eigenvalue weighted by Crippen LogP contribution is 2.27. The summed E-state index contributed by atoms with van der Waals surface area (Å²) in [6.45, 7) is -0.0121. The number of hydrogen-bond donors (Lipinski definition) is 0. The van der Waals surface area contributed by atoms with E-state index in [0.717, 1.165) is 16.0 Å². The number of benzene rings is 2. The normalized spacial score (nSPS) is 16.1. The van der Waals surface area contributed by atoms with Gasteiger partial charge in [0.1, 0.15) is 17.9 Å². The van der Waals surface area contributed by atoms with Crippen molar-refractivity contribution in [3.05, 3.63) is 64.4 Å². The zero-order valence-corrected chi connectivity index (χ0v) is 13.3. The summed E-state index contributed by atoms with van der Waals surface area (Å²) in [4.78, 5) is 24.6. The lowest BCUT2D eigenvalue weighted by molar-refractivity contribution is -0.154. The largest absolute Gasteiger partial charge is 0.492 e. The van der Waals surface area contributed by atoms with Gasteiger partial charge in [-0.25, -0.2) is 0 Å². The van der Waals surface area contributed by atoms with Gasteiger partial charge in [0, 0.05) is 0 Å². The van der Waals surface area contributed by atoms with E-state index in [2.05, 4.69) is 10.3 Å². The van der Waals surface area contributed by atoms with Crippen molar-refractivity contribution in [2.45, 2.75) is 13.2 Å². The van der Waals surface area contributed by atoms with E-state index in [4.69, 9.17) is 9.47 Å². The highest BCUT2D eigenvalue weighted by Gasteiger charge is 2.27. The molecule has 0 saturated carbocycles. The van der Waals surface area contributed by atoms with E-state index in [1.54, 1.807) is 24.3 Å². The fraction of sp³-hybridized carbons (Fsp3) is 0.222. The van der Waals surface area contributed by atoms with Gasteiger partial charge >= 0.3 is 5.97 Å². The lowest BCUT2D eigenvalue weighted by atomic mass is 9.97. The molecule has 2 heterocycles. The Bertz CT molecular complexity index is 999. The standard InChI is InChI=1S/C18H15N3O4/c22-17-14-6-2-3-7-15(14)19-20-21(17)11-25-18(23)13-9-12-5-1-4-8-16(12)24-10-13/h1-8,13H,9-11H2/t13-/m1/s1. The monoisotopic (exact) mass is 337 g/mol. The lowest BCUT2D eigenvalue weighted by Gasteiger charge is -2.23. The maximum atomic E-state index is 12.3. The van der Waals surface area contributed by atoms with Crippen LogP contribution in [-0.4, -0.2) is 27.6 Å². The van der Waals surface area contributed by atoms with Gasteiger partial charge in [0.15, 0.2) is 6.73 Å². The van der Waals surface area contributed by atoms with Crippen LogP contribution in [0.4, 0.5) is 0 Å². The fourth-order valence-corrected chi connectivity index (χ4v) is 2.83. The Morgan fingerprint density at radius 1 is 1.20 bits per heavy atom. The molecule has 0 amide bonds. The maximum absolute atomic E-state index is 12.3. The molecule has 7 heteroatoms. The van der Waals surface area contributed by atoms with Crippen molar-refractivity contribution in [1.82, 2.24) is 15.0 Å². The number of ether oxygens (including phenoxy) is 2. The molecule has 0 bridgehead atoms. The molecule has 2 aromatic carbocycles. The summed E-state index contributed by atoms with van der Waals surface area (Å²) in [6, 6.07) is 14.5. The van der Waals surface area contributed by atoms with Crippen LogP contribution in [0.15, 0.2) is 53.3 Å². The molecule has 0 aliphatic carbocycles. The second-order valence-corrected chi connectivity index (χ2v) is 5.82. The molecule has 1 atom stereocenters. The third-order valence-corrected chi connectivity index (χ3v) is 4.17. The highest BCUT2D eigenvalue weighted by atomic mass is 16.5. The molecule has 0 fully saturated rings. The topological polar surface area (TPSA) is 83.3 Å². The first-order chi connectivity index (χ1) is 12.2. The minimum Gasteiger partial charge on any atom is -0.492 e. The van der Waals surface area contributed by atoms with Crippen molar-refractivity contribution in [3.8, 4) is 5.75 Å². The van der Waals surface area contributed by atoms with Crippen LogP contribution in [0.5, 0.6) is 5.75 Å². The zero-order valence-electron chi connectivity index (χ0n) is 13.3. The van der Waals surface area contributed by atoms with Crippen LogP contribution < -0.4 is 10.3 Å². The second kappa shape index (κ2) is 6.35. The number of nitrogens with zero attached hydrogens (tertiary/aromatic N) is 3. The Morgan fingerprint density at radius 3 is 2.92 bits per heavy atom. The Labute approximate surface area is 142 Å². The Morgan fingerprint density at radius 2 is 2.00 bits per heavy atom. The van der Waals surface area contributed by atoms with Gasteiger partial charge in [-0.3, -0.25) is 9.59 Å². The van der Waals surface area contributed by atoms with Crippen LogP contribution in [-0.2, 0) is 22.7 Å². The molecule has 1 aromatic heterocycles. The molecule has 126 valence electrons. The molecule has 7 nitrogen and oxygen atoms in total. The molecule has 0 saturated heterocycles. The number of aromatic nitrogens is 3. The molecule has 1 aliphatic heterocycles. The quantitative estimate of drug-likeness (QED) is 0.674. The zero-order chi connectivity index (χ0) is 17.2. The van der Waals surface area contributed by atoms with E-state index < -0.39 is 11.9 Å². The first-order valence-corrected chi connectivity index (χ1v) is 7.92. The van der Waals surface area contributed by atoms with Crippen LogP contribution in [0.25, 0.3) is 10.9 Å². The SMILES string of the molecule is O=C(OCn1nnc2ccccc2c1=O)[C@H]1COc2ccccc2C1. The second-order valence-electron chi connectivity index (χ2n) is 5.82. The molecular formula is C18H15N3O4. The van der Waals surface area contributed by atoms with Gasteiger partial charge in [0.2, 0.25) is 0 Å². The number of esters is 1. The molecule has 3 aromatic rings. The van der Waals surface area contributed by atoms with E-state index in [-0.39, 0.29) is 18.9 Å². The van der Waals surface area contributed by atoms with Gasteiger partial charge in [-0.05, 0) is 30.2 Å². The predicted octanol–water partition coefficient (Wildman–Crippen LogP) is 1.54. The minimum absolute atomic E-state index is 0.258. The molecule has 0 N–H and O–H groups in total. The van der Waals surface area contributed by atoms with E-state index in [9.17, 15) is 9.59 Å². The summed E-state index contributed by atoms with van der Waals surface area (Å²) in [5.74, 6) is -0.0291. The number of carbonyl (C=O) groups is 1. The average molecular weight is 337 g/mol. The number of fused-ring (bicyclic) bond motifs is 2. The smallest absolute Gasteiger partial charge is 0.314 e. The summed E-state index contributed by atoms with van der Waals surface area (Å²) < 4.78 is 11.9. The minimum atomic E-state index is -0.420. The first kappa shape index (κ1) is 15.3. The molecule has 0 spiro atoms. The van der Waals surface area contributed by atoms with Crippen LogP contribution in [0.1, 0.15) is 5.56 Å². The number of hydrogen-bond acceptors (Lipinski definition) is 6. The number of rotatable bonds is 3. The third kappa shape index (κ3) is 2.96. The predicted molar refractivity (Wildman–Crippen MR) is 89.0 cm³/mol. The van der Waals surface area contributed by atoms with E-state index in [1.807, 2.05) is 24.3 Å². The fourth-order valence-electron chi connectivity index (χ4n) is 2.83. The first-order valence-electron chi connectivity index (χ1n) is 7.92. The van der Waals surface area contributed by atoms with Crippen LogP contribution in [0.3, 0.4) is 0 Å². The van der Waals surface area contributed by atoms with Crippen LogP contribution >= 0.6 is 0 Å². The summed E-state index contributed by atoms with van der Waals surface area (Å²) >= 11 is 0. The molecule has 1 aliphatic rings. The Kier molecular flexibility index (Phi) is 3.89. The lowest BCUT2D eigenvalue weighted by Crippen LogP contribution is -2.32. The average Bonchev–Trinajstić information content (AvgIpc) is 2.67. The highest BCUT2D eigenvalue weighted by molar-refractivity contribution is 5.76. The summed E-state index contributed by atoms with van der Waals surface area (Å²) in [5.41, 5.74) is 1.13. The van der Waals surface area contributed by atoms with Gasteiger partial charge in [0.05, 0.1) is 11.3 Å². The van der Waals surface area contributed by atoms with Gasteiger partial charge in [-0.1, -0.05) is 35.5 Å². The van der Waals surface area contributed by atoms with Gasteiger partial charge in [-0.2, -0.15) is 4.68 Å². The van der Waals surface area contributed by atoms with Crippen molar-refractivity contribution in [3.63, 3.8) is 0 Å². The van der Waals surface area contributed by atoms with Gasteiger partial charge < -0.3 is 9.47 Å². The Hall–Kier alpha value is -3.22. The van der Waals surface area contributed by atoms with Crippen molar-refractivity contribution in [1.29, 1.82) is 0 Å². The van der Waals surface area contributed by atoms with Gasteiger partial charge in [0.25, 0.3) is 5.56 Å². The van der Waals surface area contributed by atoms with E-state index >= 15 is 0 Å². The molecule has 4 rings (SSSR count). The third-order valence-electron chi connectivity index (χ3n) is 4.17. The van der Waals surface area contributed by atoms with Crippen LogP contribution in [0, 0.1) is 5.92 Å². The molecule has 0 radical (unpaired) electrons. The maximum Gasteiger partial charge on any atom is 0.314 e. The van der Waals surface area contributed by atoms with Crippen molar-refractivity contribution in [2.24, 2.45) is 5.92 Å². The number of para-hydroxylation sites is 1. The van der Waals surface area contributed by atoms with Crippen molar-refractivity contribution >= 4 is 16.9 Å². The van der Waals surface area contributed by atoms with Crippen molar-refractivity contribution in [2.75, 3.05) is 6.61 Å². The summed E-state index contributed by atoms with van der Waals surface area (Å²) in [7, 11) is 0. The molecule has 0 unspecified atom stereocenters. The molecule has 25 heavy (non-hydrogen) atoms. The van der Waals surface area contributed by atoms with E-state index in [0.29, 0.717) is 17.3 Å². The summed E-state index contributed by atoms with van der Waals surface area (Å²) in [6.07, 6.45) is 0.549. The summed E-state index contributed by atoms with van der Waals surface area (Å²) in [5, 5.41) is 8.20.